The van der Waals surface area contributed by atoms with E-state index in [0.717, 1.165) is 13.1 Å². The fraction of sp³-hybridized carbons (Fsp3) is 0.727. The van der Waals surface area contributed by atoms with Crippen molar-refractivity contribution in [2.24, 2.45) is 0 Å². The molecule has 3 heteroatoms. The van der Waals surface area contributed by atoms with Gasteiger partial charge in [0, 0.05) is 23.9 Å². The largest absolute Gasteiger partial charge is 0.308 e. The maximum Gasteiger partial charge on any atom is 0.0539 e. The molecule has 0 spiro atoms. The molecule has 80 valence electrons. The first-order chi connectivity index (χ1) is 6.41. The van der Waals surface area contributed by atoms with Gasteiger partial charge in [0.15, 0.2) is 0 Å². The van der Waals surface area contributed by atoms with E-state index in [4.69, 9.17) is 0 Å². The van der Waals surface area contributed by atoms with Gasteiger partial charge in [0.05, 0.1) is 6.54 Å². The molecule has 0 aliphatic heterocycles. The third-order valence-electron chi connectivity index (χ3n) is 2.24. The molecule has 0 saturated heterocycles. The zero-order valence-electron chi connectivity index (χ0n) is 9.91. The van der Waals surface area contributed by atoms with Crippen molar-refractivity contribution in [1.29, 1.82) is 0 Å². The van der Waals surface area contributed by atoms with Crippen molar-refractivity contribution < 1.29 is 0 Å². The van der Waals surface area contributed by atoms with Crippen LogP contribution < -0.4 is 0 Å². The van der Waals surface area contributed by atoms with Crippen molar-refractivity contribution >= 4 is 0 Å². The van der Waals surface area contributed by atoms with Crippen molar-refractivity contribution in [2.75, 3.05) is 20.6 Å². The second kappa shape index (κ2) is 4.13. The lowest BCUT2D eigenvalue weighted by Crippen LogP contribution is -2.24. The van der Waals surface area contributed by atoms with E-state index >= 15 is 0 Å². The summed E-state index contributed by atoms with van der Waals surface area (Å²) in [7, 11) is 4.17. The Morgan fingerprint density at radius 3 is 2.50 bits per heavy atom. The molecule has 1 aromatic rings. The summed E-state index contributed by atoms with van der Waals surface area (Å²) in [5.41, 5.74) is 1.49. The van der Waals surface area contributed by atoms with Gasteiger partial charge in [0.2, 0.25) is 0 Å². The predicted molar refractivity (Wildman–Crippen MR) is 59.5 cm³/mol. The molecular formula is C11H21N3. The normalized spacial score (nSPS) is 12.4. The highest BCUT2D eigenvalue weighted by molar-refractivity contribution is 5.11. The Kier molecular flexibility index (Phi) is 3.32. The molecule has 0 atom stereocenters. The molecule has 0 fully saturated rings. The van der Waals surface area contributed by atoms with Crippen molar-refractivity contribution in [2.45, 2.75) is 32.7 Å². The van der Waals surface area contributed by atoms with Gasteiger partial charge >= 0.3 is 0 Å². The van der Waals surface area contributed by atoms with Gasteiger partial charge in [-0.3, -0.25) is 4.68 Å². The smallest absolute Gasteiger partial charge is 0.0539 e. The lowest BCUT2D eigenvalue weighted by atomic mass is 9.92. The lowest BCUT2D eigenvalue weighted by molar-refractivity contribution is 0.360. The van der Waals surface area contributed by atoms with Crippen LogP contribution in [0.3, 0.4) is 0 Å². The van der Waals surface area contributed by atoms with Crippen LogP contribution in [0.2, 0.25) is 0 Å². The minimum absolute atomic E-state index is 0.183. The molecule has 0 saturated carbocycles. The fourth-order valence-electron chi connectivity index (χ4n) is 1.44. The monoisotopic (exact) mass is 195 g/mol. The highest BCUT2D eigenvalue weighted by Crippen LogP contribution is 2.21. The summed E-state index contributed by atoms with van der Waals surface area (Å²) in [5, 5.41) is 4.34. The molecule has 0 N–H and O–H groups in total. The molecule has 3 nitrogen and oxygen atoms in total. The summed E-state index contributed by atoms with van der Waals surface area (Å²) in [6.07, 6.45) is 1.89. The van der Waals surface area contributed by atoms with Crippen LogP contribution in [0.15, 0.2) is 12.3 Å². The molecular weight excluding hydrogens is 174 g/mol. The fourth-order valence-corrected chi connectivity index (χ4v) is 1.44. The van der Waals surface area contributed by atoms with E-state index in [1.165, 1.54) is 5.69 Å². The van der Waals surface area contributed by atoms with Crippen LogP contribution in [0.4, 0.5) is 0 Å². The molecule has 14 heavy (non-hydrogen) atoms. The van der Waals surface area contributed by atoms with Gasteiger partial charge in [-0.05, 0) is 20.2 Å². The summed E-state index contributed by atoms with van der Waals surface area (Å²) in [4.78, 5) is 2.17. The first kappa shape index (κ1) is 11.2. The number of aromatic nitrogens is 2. The molecule has 0 unspecified atom stereocenters. The van der Waals surface area contributed by atoms with Crippen molar-refractivity contribution in [1.82, 2.24) is 14.7 Å². The summed E-state index contributed by atoms with van der Waals surface area (Å²) in [6.45, 7) is 8.65. The zero-order valence-corrected chi connectivity index (χ0v) is 9.91. The second-order valence-electron chi connectivity index (χ2n) is 4.99. The maximum atomic E-state index is 4.34. The van der Waals surface area contributed by atoms with Crippen LogP contribution in [-0.2, 0) is 12.0 Å². The second-order valence-corrected chi connectivity index (χ2v) is 4.99. The van der Waals surface area contributed by atoms with Crippen LogP contribution in [0.25, 0.3) is 0 Å². The third kappa shape index (κ3) is 2.84. The van der Waals surface area contributed by atoms with Gasteiger partial charge in [0.25, 0.3) is 0 Å². The molecule has 1 heterocycles. The Morgan fingerprint density at radius 2 is 2.00 bits per heavy atom. The van der Waals surface area contributed by atoms with E-state index in [0.29, 0.717) is 0 Å². The van der Waals surface area contributed by atoms with Crippen molar-refractivity contribution in [3.05, 3.63) is 18.0 Å². The molecule has 0 radical (unpaired) electrons. The summed E-state index contributed by atoms with van der Waals surface area (Å²) >= 11 is 0. The SMILES string of the molecule is CN(C)CCn1nccc1C(C)(C)C. The summed E-state index contributed by atoms with van der Waals surface area (Å²) in [6, 6.07) is 2.11. The van der Waals surface area contributed by atoms with Gasteiger partial charge in [-0.25, -0.2) is 0 Å². The topological polar surface area (TPSA) is 21.1 Å². The van der Waals surface area contributed by atoms with E-state index < -0.39 is 0 Å². The van der Waals surface area contributed by atoms with E-state index in [-0.39, 0.29) is 5.41 Å². The predicted octanol–water partition coefficient (Wildman–Crippen LogP) is 1.74. The Morgan fingerprint density at radius 1 is 1.36 bits per heavy atom. The van der Waals surface area contributed by atoms with Gasteiger partial charge < -0.3 is 4.90 Å². The first-order valence-electron chi connectivity index (χ1n) is 5.08. The number of hydrogen-bond donors (Lipinski definition) is 0. The van der Waals surface area contributed by atoms with Gasteiger partial charge in [-0.15, -0.1) is 0 Å². The number of hydrogen-bond acceptors (Lipinski definition) is 2. The van der Waals surface area contributed by atoms with Crippen LogP contribution in [-0.4, -0.2) is 35.3 Å². The van der Waals surface area contributed by atoms with Crippen LogP contribution >= 0.6 is 0 Å². The molecule has 0 aliphatic carbocycles. The van der Waals surface area contributed by atoms with Crippen LogP contribution in [0, 0.1) is 0 Å². The van der Waals surface area contributed by atoms with E-state index in [1.807, 2.05) is 6.20 Å². The highest BCUT2D eigenvalue weighted by atomic mass is 15.3. The number of nitrogens with zero attached hydrogens (tertiary/aromatic N) is 3. The minimum Gasteiger partial charge on any atom is -0.308 e. The Hall–Kier alpha value is -0.830. The quantitative estimate of drug-likeness (QED) is 0.732. The third-order valence-corrected chi connectivity index (χ3v) is 2.24. The van der Waals surface area contributed by atoms with Gasteiger partial charge in [-0.1, -0.05) is 20.8 Å². The Bertz CT molecular complexity index is 281. The van der Waals surface area contributed by atoms with Crippen LogP contribution in [0.1, 0.15) is 26.5 Å². The molecule has 0 bridgehead atoms. The molecule has 1 aromatic heterocycles. The molecule has 1 rings (SSSR count). The maximum absolute atomic E-state index is 4.34. The number of rotatable bonds is 3. The number of likely N-dealkylation sites (N-methyl/N-ethyl adjacent to an activating group) is 1. The highest BCUT2D eigenvalue weighted by Gasteiger charge is 2.18. The molecule has 0 aromatic carbocycles. The first-order valence-corrected chi connectivity index (χ1v) is 5.08. The van der Waals surface area contributed by atoms with Gasteiger partial charge in [0.1, 0.15) is 0 Å². The van der Waals surface area contributed by atoms with E-state index in [9.17, 15) is 0 Å². The zero-order chi connectivity index (χ0) is 10.8. The lowest BCUT2D eigenvalue weighted by Gasteiger charge is -2.21. The standard InChI is InChI=1S/C11H21N3/c1-11(2,3)10-6-7-12-14(10)9-8-13(4)5/h6-7H,8-9H2,1-5H3. The summed E-state index contributed by atoms with van der Waals surface area (Å²) < 4.78 is 2.10. The Labute approximate surface area is 86.7 Å². The summed E-state index contributed by atoms with van der Waals surface area (Å²) in [5.74, 6) is 0. The molecule has 0 aliphatic rings. The van der Waals surface area contributed by atoms with Gasteiger partial charge in [-0.2, -0.15) is 5.10 Å². The van der Waals surface area contributed by atoms with Crippen LogP contribution in [0.5, 0.6) is 0 Å². The average molecular weight is 195 g/mol. The molecule has 0 amide bonds. The van der Waals surface area contributed by atoms with E-state index in [2.05, 4.69) is 55.6 Å². The average Bonchev–Trinajstić information content (AvgIpc) is 2.46. The minimum atomic E-state index is 0.183. The van der Waals surface area contributed by atoms with Crippen molar-refractivity contribution in [3.8, 4) is 0 Å². The Balaban J connectivity index is 2.73. The van der Waals surface area contributed by atoms with E-state index in [1.54, 1.807) is 0 Å². The van der Waals surface area contributed by atoms with Crippen molar-refractivity contribution in [3.63, 3.8) is 0 Å².